The van der Waals surface area contributed by atoms with Crippen molar-refractivity contribution in [1.29, 1.82) is 0 Å². The number of Topliss-reactive ketones (excluding diaryl/α,β-unsaturated/α-hetero) is 1. The quantitative estimate of drug-likeness (QED) is 0.584. The second kappa shape index (κ2) is 6.65. The first kappa shape index (κ1) is 15.9. The summed E-state index contributed by atoms with van der Waals surface area (Å²) in [5.41, 5.74) is 1.49. The van der Waals surface area contributed by atoms with Crippen molar-refractivity contribution in [1.82, 2.24) is 0 Å². The topological polar surface area (TPSA) is 87.0 Å². The van der Waals surface area contributed by atoms with Crippen LogP contribution in [0.4, 0.5) is 0 Å². The second-order valence-electron chi connectivity index (χ2n) is 5.49. The first-order chi connectivity index (χ1) is 11.6. The monoisotopic (exact) mass is 324 g/mol. The van der Waals surface area contributed by atoms with E-state index < -0.39 is 0 Å². The molecule has 1 aliphatic heterocycles. The maximum Gasteiger partial charge on any atom is 0.174 e. The van der Waals surface area contributed by atoms with Gasteiger partial charge in [-0.2, -0.15) is 0 Å². The van der Waals surface area contributed by atoms with Crippen molar-refractivity contribution in [2.75, 3.05) is 6.61 Å². The number of rotatable bonds is 2. The highest BCUT2D eigenvalue weighted by Gasteiger charge is 2.25. The Morgan fingerprint density at radius 1 is 1.12 bits per heavy atom. The first-order valence-electron chi connectivity index (χ1n) is 7.58. The van der Waals surface area contributed by atoms with Gasteiger partial charge in [0.1, 0.15) is 28.6 Å². The molecule has 0 aliphatic carbocycles. The summed E-state index contributed by atoms with van der Waals surface area (Å²) in [6.07, 6.45) is 1.30. The van der Waals surface area contributed by atoms with Crippen molar-refractivity contribution in [3.05, 3.63) is 47.0 Å². The Labute approximate surface area is 139 Å². The van der Waals surface area contributed by atoms with E-state index in [4.69, 9.17) is 9.84 Å². The third-order valence-electron chi connectivity index (χ3n) is 3.67. The van der Waals surface area contributed by atoms with E-state index in [9.17, 15) is 15.0 Å². The van der Waals surface area contributed by atoms with E-state index >= 15 is 0 Å². The van der Waals surface area contributed by atoms with Gasteiger partial charge >= 0.3 is 0 Å². The minimum Gasteiger partial charge on any atom is -0.508 e. The molecule has 0 spiro atoms. The summed E-state index contributed by atoms with van der Waals surface area (Å²) in [6.45, 7) is 0.107. The van der Waals surface area contributed by atoms with E-state index in [1.54, 1.807) is 18.2 Å². The summed E-state index contributed by atoms with van der Waals surface area (Å²) in [5.74, 6) is 5.82. The Balaban J connectivity index is 1.95. The largest absolute Gasteiger partial charge is 0.508 e. The normalized spacial score (nSPS) is 12.3. The zero-order valence-electron chi connectivity index (χ0n) is 12.9. The van der Waals surface area contributed by atoms with Gasteiger partial charge in [-0.15, -0.1) is 0 Å². The third-order valence-corrected chi connectivity index (χ3v) is 3.67. The average molecular weight is 324 g/mol. The molecular weight excluding hydrogens is 308 g/mol. The van der Waals surface area contributed by atoms with E-state index in [2.05, 4.69) is 11.8 Å². The predicted molar refractivity (Wildman–Crippen MR) is 87.5 cm³/mol. The number of carbonyl (C=O) groups excluding carboxylic acids is 1. The number of fused-ring (bicyclic) bond motifs is 2. The van der Waals surface area contributed by atoms with Gasteiger partial charge in [-0.3, -0.25) is 4.79 Å². The summed E-state index contributed by atoms with van der Waals surface area (Å²) in [7, 11) is 0. The highest BCUT2D eigenvalue weighted by atomic mass is 16.5. The van der Waals surface area contributed by atoms with Crippen LogP contribution in [-0.2, 0) is 6.42 Å². The van der Waals surface area contributed by atoms with Gasteiger partial charge in [-0.05, 0) is 24.6 Å². The number of phenolic OH excluding ortho intramolecular Hbond substituents is 2. The lowest BCUT2D eigenvalue weighted by Crippen LogP contribution is -2.02. The molecule has 122 valence electrons. The van der Waals surface area contributed by atoms with E-state index in [0.717, 1.165) is 11.6 Å². The SMILES string of the molecule is O=C1Cc2cc(C#CCCCO)ccc2Oc2cc(O)cc(O)c21. The molecule has 2 aromatic carbocycles. The lowest BCUT2D eigenvalue weighted by Gasteiger charge is -2.09. The molecule has 0 amide bonds. The minimum atomic E-state index is -0.299. The fourth-order valence-electron chi connectivity index (χ4n) is 2.55. The van der Waals surface area contributed by atoms with Crippen LogP contribution in [0.15, 0.2) is 30.3 Å². The van der Waals surface area contributed by atoms with Crippen molar-refractivity contribution >= 4 is 5.78 Å². The molecule has 2 aromatic rings. The zero-order valence-corrected chi connectivity index (χ0v) is 12.9. The summed E-state index contributed by atoms with van der Waals surface area (Å²) in [4.78, 5) is 12.4. The lowest BCUT2D eigenvalue weighted by molar-refractivity contribution is 0.0991. The van der Waals surface area contributed by atoms with Crippen LogP contribution in [0.5, 0.6) is 23.0 Å². The predicted octanol–water partition coefficient (Wildman–Crippen LogP) is 2.75. The lowest BCUT2D eigenvalue weighted by atomic mass is 10.0. The average Bonchev–Trinajstić information content (AvgIpc) is 2.66. The van der Waals surface area contributed by atoms with Gasteiger partial charge in [-0.25, -0.2) is 0 Å². The fraction of sp³-hybridized carbons (Fsp3) is 0.211. The van der Waals surface area contributed by atoms with Crippen LogP contribution in [0.25, 0.3) is 0 Å². The number of aliphatic hydroxyl groups excluding tert-OH is 1. The van der Waals surface area contributed by atoms with Gasteiger partial charge in [0, 0.05) is 42.7 Å². The van der Waals surface area contributed by atoms with Crippen molar-refractivity contribution in [2.45, 2.75) is 19.3 Å². The fourth-order valence-corrected chi connectivity index (χ4v) is 2.55. The number of aliphatic hydroxyl groups is 1. The molecule has 0 fully saturated rings. The maximum atomic E-state index is 12.4. The van der Waals surface area contributed by atoms with Gasteiger partial charge in [0.15, 0.2) is 5.78 Å². The number of phenols is 2. The number of carbonyl (C=O) groups is 1. The van der Waals surface area contributed by atoms with Crippen LogP contribution in [0.1, 0.15) is 34.3 Å². The summed E-state index contributed by atoms with van der Waals surface area (Å²) >= 11 is 0. The third kappa shape index (κ3) is 3.19. The van der Waals surface area contributed by atoms with Gasteiger partial charge < -0.3 is 20.1 Å². The van der Waals surface area contributed by atoms with Gasteiger partial charge in [0.2, 0.25) is 0 Å². The number of hydrogen-bond donors (Lipinski definition) is 3. The zero-order chi connectivity index (χ0) is 17.1. The van der Waals surface area contributed by atoms with Crippen LogP contribution in [0.2, 0.25) is 0 Å². The Morgan fingerprint density at radius 2 is 1.96 bits per heavy atom. The molecular formula is C19H16O5. The van der Waals surface area contributed by atoms with Crippen molar-refractivity contribution < 1.29 is 24.9 Å². The number of ketones is 1. The molecule has 0 bridgehead atoms. The number of benzene rings is 2. The van der Waals surface area contributed by atoms with Crippen molar-refractivity contribution in [3.8, 4) is 34.8 Å². The van der Waals surface area contributed by atoms with Gasteiger partial charge in [0.05, 0.1) is 0 Å². The molecule has 1 heterocycles. The molecule has 0 radical (unpaired) electrons. The molecule has 1 aliphatic rings. The maximum absolute atomic E-state index is 12.4. The van der Waals surface area contributed by atoms with Crippen LogP contribution in [-0.4, -0.2) is 27.7 Å². The standard InChI is InChI=1S/C19H16O5/c20-7-3-1-2-4-12-5-6-17-13(8-12)9-15(22)19-16(23)10-14(21)11-18(19)24-17/h5-6,8,10-11,20-21,23H,1,3,7,9H2. The molecule has 24 heavy (non-hydrogen) atoms. The molecule has 3 rings (SSSR count). The molecule has 0 aromatic heterocycles. The smallest absolute Gasteiger partial charge is 0.174 e. The number of ether oxygens (including phenoxy) is 1. The highest BCUT2D eigenvalue weighted by Crippen LogP contribution is 2.40. The van der Waals surface area contributed by atoms with E-state index in [-0.39, 0.29) is 41.6 Å². The number of unbranched alkanes of at least 4 members (excludes halogenated alkanes) is 1. The highest BCUT2D eigenvalue weighted by molar-refractivity contribution is 6.03. The molecule has 5 heteroatoms. The van der Waals surface area contributed by atoms with E-state index in [1.165, 1.54) is 6.07 Å². The minimum absolute atomic E-state index is 0.0691. The molecule has 0 unspecified atom stereocenters. The van der Waals surface area contributed by atoms with E-state index in [1.807, 2.05) is 0 Å². The van der Waals surface area contributed by atoms with Crippen LogP contribution in [0.3, 0.4) is 0 Å². The first-order valence-corrected chi connectivity index (χ1v) is 7.58. The Morgan fingerprint density at radius 3 is 2.75 bits per heavy atom. The summed E-state index contributed by atoms with van der Waals surface area (Å²) < 4.78 is 5.71. The summed E-state index contributed by atoms with van der Waals surface area (Å²) in [5, 5.41) is 28.3. The van der Waals surface area contributed by atoms with Crippen LogP contribution in [0, 0.1) is 11.8 Å². The molecule has 0 saturated carbocycles. The van der Waals surface area contributed by atoms with Crippen molar-refractivity contribution in [2.24, 2.45) is 0 Å². The number of aromatic hydroxyl groups is 2. The van der Waals surface area contributed by atoms with E-state index in [0.29, 0.717) is 24.2 Å². The molecule has 3 N–H and O–H groups in total. The molecule has 0 atom stereocenters. The Kier molecular flexibility index (Phi) is 4.41. The van der Waals surface area contributed by atoms with Crippen LogP contribution < -0.4 is 4.74 Å². The Hall–Kier alpha value is -2.97. The molecule has 0 saturated heterocycles. The second-order valence-corrected chi connectivity index (χ2v) is 5.49. The summed E-state index contributed by atoms with van der Waals surface area (Å²) in [6, 6.07) is 7.71. The van der Waals surface area contributed by atoms with Gasteiger partial charge in [-0.1, -0.05) is 11.8 Å². The van der Waals surface area contributed by atoms with Crippen molar-refractivity contribution in [3.63, 3.8) is 0 Å². The number of hydrogen-bond acceptors (Lipinski definition) is 5. The molecule has 5 nitrogen and oxygen atoms in total. The Bertz CT molecular complexity index is 858. The van der Waals surface area contributed by atoms with Gasteiger partial charge in [0.25, 0.3) is 0 Å². The van der Waals surface area contributed by atoms with Crippen LogP contribution >= 0.6 is 0 Å².